The van der Waals surface area contributed by atoms with E-state index in [0.717, 1.165) is 0 Å². The highest BCUT2D eigenvalue weighted by Crippen LogP contribution is 2.43. The number of rotatable bonds is 6. The Hall–Kier alpha value is -3.26. The quantitative estimate of drug-likeness (QED) is 0.270. The number of hydrogen-bond acceptors (Lipinski definition) is 12. The molecule has 0 aromatic heterocycles. The van der Waals surface area contributed by atoms with E-state index >= 15 is 0 Å². The Kier molecular flexibility index (Phi) is 6.94. The number of benzene rings is 1. The number of ether oxygens (including phenoxy) is 5. The summed E-state index contributed by atoms with van der Waals surface area (Å²) in [5, 5.41) is 70.7. The highest BCUT2D eigenvalue weighted by molar-refractivity contribution is 5.73. The number of aliphatic hydroxyl groups excluding tert-OH is 6. The highest BCUT2D eigenvalue weighted by atomic mass is 16.7. The molecule has 0 amide bonds. The summed E-state index contributed by atoms with van der Waals surface area (Å²) in [6.45, 7) is -0.656. The van der Waals surface area contributed by atoms with Crippen molar-refractivity contribution in [2.24, 2.45) is 0 Å². The minimum Gasteiger partial charge on any atom is -0.508 e. The fourth-order valence-corrected chi connectivity index (χ4v) is 3.88. The van der Waals surface area contributed by atoms with Crippen molar-refractivity contribution in [3.8, 4) is 17.2 Å². The van der Waals surface area contributed by atoms with E-state index in [2.05, 4.69) is 0 Å². The Morgan fingerprint density at radius 2 is 1.57 bits per heavy atom. The molecular weight excluding hydrogens is 468 g/mol. The van der Waals surface area contributed by atoms with Crippen molar-refractivity contribution in [2.45, 2.75) is 36.8 Å². The second-order valence-electron chi connectivity index (χ2n) is 7.98. The fraction of sp³-hybridized carbons (Fsp3) is 0.391. The van der Waals surface area contributed by atoms with Gasteiger partial charge in [0.05, 0.1) is 20.8 Å². The first-order valence-corrected chi connectivity index (χ1v) is 10.6. The fourth-order valence-electron chi connectivity index (χ4n) is 3.88. The molecule has 0 saturated carbocycles. The van der Waals surface area contributed by atoms with Gasteiger partial charge in [0.25, 0.3) is 0 Å². The molecule has 4 rings (SSSR count). The van der Waals surface area contributed by atoms with Gasteiger partial charge in [-0.15, -0.1) is 0 Å². The monoisotopic (exact) mass is 494 g/mol. The molecule has 7 N–H and O–H groups in total. The van der Waals surface area contributed by atoms with Crippen molar-refractivity contribution in [3.63, 3.8) is 0 Å². The lowest BCUT2D eigenvalue weighted by molar-refractivity contribution is -0.290. The van der Waals surface area contributed by atoms with Gasteiger partial charge in [-0.2, -0.15) is 0 Å². The van der Waals surface area contributed by atoms with Crippen molar-refractivity contribution in [2.75, 3.05) is 20.8 Å². The molecule has 35 heavy (non-hydrogen) atoms. The van der Waals surface area contributed by atoms with Gasteiger partial charge < -0.3 is 59.4 Å². The maximum absolute atomic E-state index is 10.4. The van der Waals surface area contributed by atoms with Gasteiger partial charge in [-0.1, -0.05) is 0 Å². The van der Waals surface area contributed by atoms with Crippen LogP contribution in [0.3, 0.4) is 0 Å². The molecule has 1 aromatic carbocycles. The van der Waals surface area contributed by atoms with Crippen LogP contribution in [0.1, 0.15) is 5.56 Å². The van der Waals surface area contributed by atoms with Gasteiger partial charge in [0.1, 0.15) is 42.0 Å². The minimum absolute atomic E-state index is 0.00420. The number of hydrogen-bond donors (Lipinski definition) is 7. The van der Waals surface area contributed by atoms with Crippen molar-refractivity contribution in [3.05, 3.63) is 58.8 Å². The molecule has 1 saturated heterocycles. The molecule has 12 heteroatoms. The molecule has 1 unspecified atom stereocenters. The van der Waals surface area contributed by atoms with Crippen LogP contribution in [-0.2, 0) is 14.2 Å². The SMILES string of the molecule is COc1cc(C2=C(O[C@@H]3O[C@H](CO)[C@@H](O)[C@H](O)[C@H]3O)C=C3C(=CC(O)=CC3O)O2)cc(OC)c1O. The van der Waals surface area contributed by atoms with Gasteiger partial charge >= 0.3 is 0 Å². The van der Waals surface area contributed by atoms with E-state index in [1.807, 2.05) is 0 Å². The van der Waals surface area contributed by atoms with E-state index in [1.165, 1.54) is 44.6 Å². The highest BCUT2D eigenvalue weighted by Gasteiger charge is 2.45. The normalized spacial score (nSPS) is 30.4. The first-order valence-electron chi connectivity index (χ1n) is 10.6. The van der Waals surface area contributed by atoms with Crippen molar-refractivity contribution >= 4 is 5.76 Å². The van der Waals surface area contributed by atoms with E-state index in [1.54, 1.807) is 0 Å². The number of aromatic hydroxyl groups is 1. The number of fused-ring (bicyclic) bond motifs is 1. The first-order chi connectivity index (χ1) is 16.7. The lowest BCUT2D eigenvalue weighted by Gasteiger charge is -2.40. The van der Waals surface area contributed by atoms with Gasteiger partial charge in [0.2, 0.25) is 12.0 Å². The van der Waals surface area contributed by atoms with Gasteiger partial charge in [0, 0.05) is 17.2 Å². The zero-order chi connectivity index (χ0) is 25.4. The Balaban J connectivity index is 1.82. The summed E-state index contributed by atoms with van der Waals surface area (Å²) in [5.41, 5.74) is 0.486. The molecule has 1 aromatic rings. The summed E-state index contributed by atoms with van der Waals surface area (Å²) in [6.07, 6.45) is -5.17. The number of allylic oxidation sites excluding steroid dienone is 2. The van der Waals surface area contributed by atoms with Crippen LogP contribution in [0.2, 0.25) is 0 Å². The van der Waals surface area contributed by atoms with Crippen LogP contribution in [0.15, 0.2) is 53.2 Å². The predicted octanol–water partition coefficient (Wildman–Crippen LogP) is -0.449. The average Bonchev–Trinajstić information content (AvgIpc) is 2.84. The van der Waals surface area contributed by atoms with Crippen LogP contribution >= 0.6 is 0 Å². The first kappa shape index (κ1) is 24.9. The van der Waals surface area contributed by atoms with Crippen LogP contribution in [-0.4, -0.2) is 93.4 Å². The smallest absolute Gasteiger partial charge is 0.229 e. The van der Waals surface area contributed by atoms with E-state index in [0.29, 0.717) is 0 Å². The number of methoxy groups -OCH3 is 2. The van der Waals surface area contributed by atoms with E-state index in [9.17, 15) is 35.7 Å². The zero-order valence-corrected chi connectivity index (χ0v) is 18.7. The van der Waals surface area contributed by atoms with Crippen LogP contribution in [0.25, 0.3) is 5.76 Å². The maximum Gasteiger partial charge on any atom is 0.229 e. The van der Waals surface area contributed by atoms with Crippen LogP contribution in [0.5, 0.6) is 17.2 Å². The van der Waals surface area contributed by atoms with Gasteiger partial charge in [0.15, 0.2) is 23.0 Å². The summed E-state index contributed by atoms with van der Waals surface area (Å²) < 4.78 is 27.6. The number of phenols is 1. The Labute approximate surface area is 199 Å². The van der Waals surface area contributed by atoms with Crippen LogP contribution in [0.4, 0.5) is 0 Å². The van der Waals surface area contributed by atoms with Gasteiger partial charge in [-0.05, 0) is 24.3 Å². The maximum atomic E-state index is 10.4. The average molecular weight is 494 g/mol. The minimum atomic E-state index is -1.71. The lowest BCUT2D eigenvalue weighted by Crippen LogP contribution is -2.59. The van der Waals surface area contributed by atoms with Gasteiger partial charge in [-0.25, -0.2) is 0 Å². The Bertz CT molecular complexity index is 1080. The molecule has 0 spiro atoms. The molecular formula is C23H26O12. The Morgan fingerprint density at radius 1 is 0.914 bits per heavy atom. The van der Waals surface area contributed by atoms with Crippen molar-refractivity contribution in [1.82, 2.24) is 0 Å². The third kappa shape index (κ3) is 4.55. The summed E-state index contributed by atoms with van der Waals surface area (Å²) >= 11 is 0. The molecule has 3 aliphatic rings. The molecule has 1 aliphatic carbocycles. The zero-order valence-electron chi connectivity index (χ0n) is 18.7. The molecule has 2 heterocycles. The second-order valence-corrected chi connectivity index (χ2v) is 7.98. The van der Waals surface area contributed by atoms with Gasteiger partial charge in [-0.3, -0.25) is 0 Å². The second kappa shape index (κ2) is 9.77. The molecule has 1 fully saturated rings. The van der Waals surface area contributed by atoms with Crippen molar-refractivity contribution in [1.29, 1.82) is 0 Å². The molecule has 12 nitrogen and oxygen atoms in total. The predicted molar refractivity (Wildman–Crippen MR) is 117 cm³/mol. The summed E-state index contributed by atoms with van der Waals surface area (Å²) in [6, 6.07) is 2.83. The summed E-state index contributed by atoms with van der Waals surface area (Å²) in [4.78, 5) is 0. The summed E-state index contributed by atoms with van der Waals surface area (Å²) in [7, 11) is 2.67. The third-order valence-corrected chi connectivity index (χ3v) is 5.77. The molecule has 0 radical (unpaired) electrons. The third-order valence-electron chi connectivity index (χ3n) is 5.77. The van der Waals surface area contributed by atoms with E-state index in [4.69, 9.17) is 23.7 Å². The Morgan fingerprint density at radius 3 is 2.17 bits per heavy atom. The van der Waals surface area contributed by atoms with Crippen LogP contribution < -0.4 is 9.47 Å². The van der Waals surface area contributed by atoms with E-state index < -0.39 is 43.4 Å². The standard InChI is InChI=1S/C23H26O12/c1-31-14-3-9(4-15(32-2)18(14)27)22-16(7-11-12(26)5-10(25)6-13(11)33-22)34-23-21(30)20(29)19(28)17(8-24)35-23/h3-7,12,17,19-21,23-30H,8H2,1-2H3/t12?,17-,19-,20+,21-,23-/m1/s1. The lowest BCUT2D eigenvalue weighted by atomic mass is 9.97. The van der Waals surface area contributed by atoms with Crippen LogP contribution in [0, 0.1) is 0 Å². The van der Waals surface area contributed by atoms with Crippen molar-refractivity contribution < 1.29 is 59.4 Å². The molecule has 0 bridgehead atoms. The summed E-state index contributed by atoms with van der Waals surface area (Å²) in [5.74, 6) is -0.408. The number of aliphatic hydroxyl groups is 6. The molecule has 6 atom stereocenters. The largest absolute Gasteiger partial charge is 0.508 e. The molecule has 2 aliphatic heterocycles. The molecule has 190 valence electrons. The van der Waals surface area contributed by atoms with E-state index in [-0.39, 0.29) is 51.4 Å². The number of phenolic OH excluding ortho intramolecular Hbond substituents is 1. The topological polar surface area (TPSA) is 188 Å².